The van der Waals surface area contributed by atoms with E-state index >= 15 is 0 Å². The van der Waals surface area contributed by atoms with Gasteiger partial charge in [-0.3, -0.25) is 9.59 Å². The molecule has 7 nitrogen and oxygen atoms in total. The van der Waals surface area contributed by atoms with Crippen molar-refractivity contribution in [2.24, 2.45) is 11.1 Å². The Bertz CT molecular complexity index is 974. The molecule has 2 aliphatic rings. The van der Waals surface area contributed by atoms with Crippen LogP contribution in [0.25, 0.3) is 0 Å². The van der Waals surface area contributed by atoms with E-state index in [0.717, 1.165) is 11.0 Å². The maximum Gasteiger partial charge on any atom is 0.278 e. The Morgan fingerprint density at radius 1 is 1.04 bits per heavy atom. The van der Waals surface area contributed by atoms with Crippen molar-refractivity contribution in [1.82, 2.24) is 0 Å². The van der Waals surface area contributed by atoms with E-state index in [1.54, 1.807) is 18.2 Å². The molecule has 2 aromatic rings. The van der Waals surface area contributed by atoms with Gasteiger partial charge in [0.25, 0.3) is 5.91 Å². The standard InChI is InChI=1S/C19H15FN2O5/c1-25-13-7-6-10(8-14(13)26-2)16-15-17(27-21-16)19(24)22(18(15)23)12-5-3-4-11(20)9-12/h3-9,15,17H,1-2H3. The van der Waals surface area contributed by atoms with Crippen LogP contribution >= 0.6 is 0 Å². The SMILES string of the molecule is COc1ccc(C2=NOC3C(=O)N(c4cccc(F)c4)C(=O)C23)cc1OC. The quantitative estimate of drug-likeness (QED) is 0.771. The fraction of sp³-hybridized carbons (Fsp3) is 0.211. The average molecular weight is 370 g/mol. The zero-order valence-electron chi connectivity index (χ0n) is 14.5. The molecule has 0 spiro atoms. The third kappa shape index (κ3) is 2.61. The van der Waals surface area contributed by atoms with Crippen LogP contribution in [-0.4, -0.2) is 37.8 Å². The van der Waals surface area contributed by atoms with Crippen molar-refractivity contribution in [3.63, 3.8) is 0 Å². The molecular formula is C19H15FN2O5. The number of benzene rings is 2. The zero-order chi connectivity index (χ0) is 19.1. The molecule has 0 bridgehead atoms. The first-order valence-corrected chi connectivity index (χ1v) is 8.14. The number of carbonyl (C=O) groups is 2. The molecule has 4 rings (SSSR count). The van der Waals surface area contributed by atoms with Crippen molar-refractivity contribution < 1.29 is 28.3 Å². The van der Waals surface area contributed by atoms with Crippen LogP contribution in [0.5, 0.6) is 11.5 Å². The van der Waals surface area contributed by atoms with Gasteiger partial charge >= 0.3 is 0 Å². The molecule has 2 atom stereocenters. The van der Waals surface area contributed by atoms with Crippen LogP contribution in [0, 0.1) is 11.7 Å². The van der Waals surface area contributed by atoms with Gasteiger partial charge in [0.15, 0.2) is 11.5 Å². The molecular weight excluding hydrogens is 355 g/mol. The van der Waals surface area contributed by atoms with E-state index in [9.17, 15) is 14.0 Å². The molecule has 0 saturated carbocycles. The molecule has 2 aromatic carbocycles. The molecule has 0 aliphatic carbocycles. The van der Waals surface area contributed by atoms with E-state index in [-0.39, 0.29) is 5.69 Å². The summed E-state index contributed by atoms with van der Waals surface area (Å²) in [7, 11) is 3.01. The van der Waals surface area contributed by atoms with Crippen LogP contribution < -0.4 is 14.4 Å². The molecule has 2 heterocycles. The van der Waals surface area contributed by atoms with Crippen molar-refractivity contribution in [2.75, 3.05) is 19.1 Å². The van der Waals surface area contributed by atoms with E-state index in [1.165, 1.54) is 32.4 Å². The van der Waals surface area contributed by atoms with Gasteiger partial charge in [-0.1, -0.05) is 11.2 Å². The van der Waals surface area contributed by atoms with E-state index in [4.69, 9.17) is 14.3 Å². The highest BCUT2D eigenvalue weighted by Crippen LogP contribution is 2.37. The van der Waals surface area contributed by atoms with Gasteiger partial charge in [-0.2, -0.15) is 0 Å². The first-order valence-electron chi connectivity index (χ1n) is 8.14. The number of rotatable bonds is 4. The Labute approximate surface area is 153 Å². The number of hydrogen-bond acceptors (Lipinski definition) is 6. The van der Waals surface area contributed by atoms with E-state index < -0.39 is 29.7 Å². The summed E-state index contributed by atoms with van der Waals surface area (Å²) in [5.74, 6) is -1.55. The molecule has 0 aromatic heterocycles. The Kier molecular flexibility index (Phi) is 4.02. The summed E-state index contributed by atoms with van der Waals surface area (Å²) in [5, 5.41) is 3.95. The Hall–Kier alpha value is -3.42. The Morgan fingerprint density at radius 3 is 2.52 bits per heavy atom. The second-order valence-corrected chi connectivity index (χ2v) is 6.04. The van der Waals surface area contributed by atoms with Gasteiger partial charge in [-0.05, 0) is 36.4 Å². The second kappa shape index (κ2) is 6.39. The van der Waals surface area contributed by atoms with Crippen molar-refractivity contribution in [3.8, 4) is 11.5 Å². The topological polar surface area (TPSA) is 77.4 Å². The second-order valence-electron chi connectivity index (χ2n) is 6.04. The smallest absolute Gasteiger partial charge is 0.278 e. The highest BCUT2D eigenvalue weighted by atomic mass is 19.1. The summed E-state index contributed by atoms with van der Waals surface area (Å²) in [4.78, 5) is 31.8. The molecule has 0 radical (unpaired) electrons. The van der Waals surface area contributed by atoms with Crippen LogP contribution in [-0.2, 0) is 14.4 Å². The summed E-state index contributed by atoms with van der Waals surface area (Å²) in [5.41, 5.74) is 1.05. The van der Waals surface area contributed by atoms with Gasteiger partial charge in [0, 0.05) is 5.56 Å². The van der Waals surface area contributed by atoms with Gasteiger partial charge < -0.3 is 14.3 Å². The lowest BCUT2D eigenvalue weighted by Crippen LogP contribution is -2.33. The lowest BCUT2D eigenvalue weighted by molar-refractivity contribution is -0.126. The van der Waals surface area contributed by atoms with Crippen LogP contribution in [0.3, 0.4) is 0 Å². The van der Waals surface area contributed by atoms with E-state index in [2.05, 4.69) is 5.16 Å². The van der Waals surface area contributed by atoms with Crippen LogP contribution in [0.4, 0.5) is 10.1 Å². The minimum absolute atomic E-state index is 0.162. The maximum absolute atomic E-state index is 13.5. The number of hydrogen-bond donors (Lipinski definition) is 0. The highest BCUT2D eigenvalue weighted by Gasteiger charge is 2.56. The minimum atomic E-state index is -1.07. The molecule has 0 N–H and O–H groups in total. The molecule has 2 unspecified atom stereocenters. The summed E-state index contributed by atoms with van der Waals surface area (Å²) < 4.78 is 24.0. The normalized spacial score (nSPS) is 21.0. The number of halogens is 1. The Balaban J connectivity index is 1.70. The summed E-state index contributed by atoms with van der Waals surface area (Å²) in [6.07, 6.45) is -1.07. The number of ether oxygens (including phenoxy) is 2. The minimum Gasteiger partial charge on any atom is -0.493 e. The zero-order valence-corrected chi connectivity index (χ0v) is 14.5. The van der Waals surface area contributed by atoms with Crippen molar-refractivity contribution in [1.29, 1.82) is 0 Å². The molecule has 1 fully saturated rings. The third-order valence-corrected chi connectivity index (χ3v) is 4.56. The number of anilines is 1. The fourth-order valence-corrected chi connectivity index (χ4v) is 3.28. The predicted octanol–water partition coefficient (Wildman–Crippen LogP) is 2.14. The number of fused-ring (bicyclic) bond motifs is 1. The molecule has 27 heavy (non-hydrogen) atoms. The van der Waals surface area contributed by atoms with Crippen molar-refractivity contribution in [2.45, 2.75) is 6.10 Å². The average Bonchev–Trinajstić information content (AvgIpc) is 3.21. The largest absolute Gasteiger partial charge is 0.493 e. The summed E-state index contributed by atoms with van der Waals surface area (Å²) in [6.45, 7) is 0. The lowest BCUT2D eigenvalue weighted by Gasteiger charge is -2.15. The van der Waals surface area contributed by atoms with Crippen LogP contribution in [0.15, 0.2) is 47.6 Å². The number of methoxy groups -OCH3 is 2. The Morgan fingerprint density at radius 2 is 1.81 bits per heavy atom. The molecule has 2 aliphatic heterocycles. The molecule has 138 valence electrons. The van der Waals surface area contributed by atoms with Crippen LogP contribution in [0.2, 0.25) is 0 Å². The van der Waals surface area contributed by atoms with Gasteiger partial charge in [-0.25, -0.2) is 9.29 Å². The maximum atomic E-state index is 13.5. The lowest BCUT2D eigenvalue weighted by atomic mass is 9.94. The van der Waals surface area contributed by atoms with Gasteiger partial charge in [-0.15, -0.1) is 0 Å². The summed E-state index contributed by atoms with van der Waals surface area (Å²) >= 11 is 0. The van der Waals surface area contributed by atoms with Crippen LogP contribution in [0.1, 0.15) is 5.56 Å². The monoisotopic (exact) mass is 370 g/mol. The highest BCUT2D eigenvalue weighted by molar-refractivity contribution is 6.32. The van der Waals surface area contributed by atoms with Crippen molar-refractivity contribution in [3.05, 3.63) is 53.8 Å². The molecule has 2 amide bonds. The first kappa shape index (κ1) is 17.0. The number of oxime groups is 1. The molecule has 8 heteroatoms. The number of nitrogens with zero attached hydrogens (tertiary/aromatic N) is 2. The van der Waals surface area contributed by atoms with Gasteiger partial charge in [0.2, 0.25) is 12.0 Å². The molecule has 1 saturated heterocycles. The fourth-order valence-electron chi connectivity index (χ4n) is 3.28. The van der Waals surface area contributed by atoms with Gasteiger partial charge in [0.05, 0.1) is 19.9 Å². The van der Waals surface area contributed by atoms with Gasteiger partial charge in [0.1, 0.15) is 17.4 Å². The van der Waals surface area contributed by atoms with E-state index in [0.29, 0.717) is 22.8 Å². The van der Waals surface area contributed by atoms with Crippen molar-refractivity contribution >= 4 is 23.2 Å². The number of amides is 2. The number of carbonyl (C=O) groups excluding carboxylic acids is 2. The summed E-state index contributed by atoms with van der Waals surface area (Å²) in [6, 6.07) is 10.3. The predicted molar refractivity (Wildman–Crippen MR) is 93.3 cm³/mol. The number of imide groups is 1. The third-order valence-electron chi connectivity index (χ3n) is 4.56. The van der Waals surface area contributed by atoms with E-state index in [1.807, 2.05) is 0 Å². The first-order chi connectivity index (χ1) is 13.0.